The quantitative estimate of drug-likeness (QED) is 0.529. The predicted octanol–water partition coefficient (Wildman–Crippen LogP) is 0.714. The highest BCUT2D eigenvalue weighted by Crippen LogP contribution is 1.81. The van der Waals surface area contributed by atoms with Gasteiger partial charge in [0.25, 0.3) is 0 Å². The molecule has 42 valence electrons. The van der Waals surface area contributed by atoms with E-state index in [-0.39, 0.29) is 0 Å². The molecular formula is C5H11NO. The van der Waals surface area contributed by atoms with Crippen LogP contribution < -0.4 is 5.32 Å². The van der Waals surface area contributed by atoms with Crippen LogP contribution in [0.25, 0.3) is 0 Å². The summed E-state index contributed by atoms with van der Waals surface area (Å²) < 4.78 is 4.89. The minimum absolute atomic E-state index is 0.627. The van der Waals surface area contributed by atoms with Crippen LogP contribution in [0.4, 0.5) is 0 Å². The fourth-order valence-corrected chi connectivity index (χ4v) is 0.246. The van der Waals surface area contributed by atoms with Crippen molar-refractivity contribution in [3.8, 4) is 0 Å². The van der Waals surface area contributed by atoms with Crippen LogP contribution in [-0.2, 0) is 4.74 Å². The zero-order valence-electron chi connectivity index (χ0n) is 4.82. The van der Waals surface area contributed by atoms with Gasteiger partial charge in [-0.05, 0) is 13.5 Å². The summed E-state index contributed by atoms with van der Waals surface area (Å²) in [6.45, 7) is 6.13. The second-order valence-electron chi connectivity index (χ2n) is 1.11. The molecule has 0 aromatic rings. The van der Waals surface area contributed by atoms with Gasteiger partial charge >= 0.3 is 0 Å². The molecule has 0 spiro atoms. The van der Waals surface area contributed by atoms with Gasteiger partial charge in [0.1, 0.15) is 0 Å². The Balaban J connectivity index is 3.00. The second-order valence-corrected chi connectivity index (χ2v) is 1.11. The molecule has 0 aliphatic heterocycles. The van der Waals surface area contributed by atoms with Gasteiger partial charge in [-0.1, -0.05) is 0 Å². The standard InChI is InChI=1S/C5H11NO/c1-4-7-5(2)6-3/h6H,2,4H2,1,3H3. The molecule has 0 aliphatic carbocycles. The van der Waals surface area contributed by atoms with Crippen LogP contribution in [0.3, 0.4) is 0 Å². The van der Waals surface area contributed by atoms with Gasteiger partial charge in [0.2, 0.25) is 0 Å². The summed E-state index contributed by atoms with van der Waals surface area (Å²) in [6.07, 6.45) is 0. The van der Waals surface area contributed by atoms with E-state index in [1.165, 1.54) is 0 Å². The summed E-state index contributed by atoms with van der Waals surface area (Å²) >= 11 is 0. The maximum atomic E-state index is 4.89. The monoisotopic (exact) mass is 101 g/mol. The lowest BCUT2D eigenvalue weighted by molar-refractivity contribution is 0.212. The van der Waals surface area contributed by atoms with Crippen molar-refractivity contribution in [3.05, 3.63) is 12.5 Å². The molecule has 2 heteroatoms. The van der Waals surface area contributed by atoms with Crippen molar-refractivity contribution in [1.82, 2.24) is 5.32 Å². The van der Waals surface area contributed by atoms with E-state index in [2.05, 4.69) is 11.9 Å². The predicted molar refractivity (Wildman–Crippen MR) is 29.8 cm³/mol. The summed E-state index contributed by atoms with van der Waals surface area (Å²) in [5.41, 5.74) is 0. The van der Waals surface area contributed by atoms with Crippen LogP contribution in [0.1, 0.15) is 6.92 Å². The van der Waals surface area contributed by atoms with Gasteiger partial charge < -0.3 is 10.1 Å². The van der Waals surface area contributed by atoms with Crippen LogP contribution in [-0.4, -0.2) is 13.7 Å². The van der Waals surface area contributed by atoms with Gasteiger partial charge in [0, 0.05) is 7.05 Å². The number of rotatable bonds is 3. The van der Waals surface area contributed by atoms with E-state index in [1.807, 2.05) is 6.92 Å². The molecule has 2 nitrogen and oxygen atoms in total. The van der Waals surface area contributed by atoms with Gasteiger partial charge in [-0.3, -0.25) is 0 Å². The fourth-order valence-electron chi connectivity index (χ4n) is 0.246. The fraction of sp³-hybridized carbons (Fsp3) is 0.600. The third-order valence-corrected chi connectivity index (χ3v) is 0.597. The van der Waals surface area contributed by atoms with Crippen LogP contribution in [0.5, 0.6) is 0 Å². The van der Waals surface area contributed by atoms with Gasteiger partial charge in [0.05, 0.1) is 6.61 Å². The molecule has 0 atom stereocenters. The highest BCUT2D eigenvalue weighted by Gasteiger charge is 1.79. The van der Waals surface area contributed by atoms with Gasteiger partial charge in [-0.25, -0.2) is 0 Å². The van der Waals surface area contributed by atoms with Gasteiger partial charge in [0.15, 0.2) is 5.88 Å². The minimum Gasteiger partial charge on any atom is -0.480 e. The van der Waals surface area contributed by atoms with Crippen LogP contribution in [0.2, 0.25) is 0 Å². The van der Waals surface area contributed by atoms with E-state index < -0.39 is 0 Å². The number of hydrogen-bond donors (Lipinski definition) is 1. The average Bonchev–Trinajstić information content (AvgIpc) is 1.68. The normalized spacial score (nSPS) is 7.71. The van der Waals surface area contributed by atoms with E-state index in [0.29, 0.717) is 12.5 Å². The molecule has 0 rings (SSSR count). The second kappa shape index (κ2) is 3.53. The van der Waals surface area contributed by atoms with Crippen molar-refractivity contribution in [2.45, 2.75) is 6.92 Å². The van der Waals surface area contributed by atoms with E-state index in [0.717, 1.165) is 0 Å². The Morgan fingerprint density at radius 1 is 1.86 bits per heavy atom. The average molecular weight is 101 g/mol. The molecule has 7 heavy (non-hydrogen) atoms. The van der Waals surface area contributed by atoms with Crippen molar-refractivity contribution >= 4 is 0 Å². The number of hydrogen-bond acceptors (Lipinski definition) is 2. The van der Waals surface area contributed by atoms with Crippen molar-refractivity contribution in [1.29, 1.82) is 0 Å². The summed E-state index contributed by atoms with van der Waals surface area (Å²) in [4.78, 5) is 0. The Morgan fingerprint density at radius 3 is 2.57 bits per heavy atom. The maximum absolute atomic E-state index is 4.89. The smallest absolute Gasteiger partial charge is 0.178 e. The minimum atomic E-state index is 0.627. The SMILES string of the molecule is C=C(NC)OCC. The molecule has 0 amide bonds. The first-order valence-corrected chi connectivity index (χ1v) is 2.30. The number of nitrogens with one attached hydrogen (secondary N) is 1. The Labute approximate surface area is 44.2 Å². The highest BCUT2D eigenvalue weighted by atomic mass is 16.5. The first-order valence-electron chi connectivity index (χ1n) is 2.30. The van der Waals surface area contributed by atoms with E-state index in [9.17, 15) is 0 Å². The molecule has 0 aliphatic rings. The zero-order chi connectivity index (χ0) is 5.70. The lowest BCUT2D eigenvalue weighted by atomic mass is 10.8. The molecule has 0 saturated carbocycles. The summed E-state index contributed by atoms with van der Waals surface area (Å²) in [7, 11) is 1.78. The zero-order valence-corrected chi connectivity index (χ0v) is 4.82. The van der Waals surface area contributed by atoms with Crippen LogP contribution >= 0.6 is 0 Å². The lowest BCUT2D eigenvalue weighted by Crippen LogP contribution is -2.07. The molecule has 0 unspecified atom stereocenters. The third-order valence-electron chi connectivity index (χ3n) is 0.597. The molecule has 0 aromatic carbocycles. The Bertz CT molecular complexity index is 61.1. The molecule has 0 radical (unpaired) electrons. The Hall–Kier alpha value is -0.660. The lowest BCUT2D eigenvalue weighted by Gasteiger charge is -2.02. The largest absolute Gasteiger partial charge is 0.480 e. The van der Waals surface area contributed by atoms with Crippen LogP contribution in [0, 0.1) is 0 Å². The third kappa shape index (κ3) is 3.16. The summed E-state index contributed by atoms with van der Waals surface area (Å²) in [6, 6.07) is 0. The van der Waals surface area contributed by atoms with Crippen molar-refractivity contribution in [3.63, 3.8) is 0 Å². The van der Waals surface area contributed by atoms with Gasteiger partial charge in [-0.2, -0.15) is 0 Å². The molecule has 1 N–H and O–H groups in total. The topological polar surface area (TPSA) is 21.3 Å². The first kappa shape index (κ1) is 6.34. The summed E-state index contributed by atoms with van der Waals surface area (Å²) in [5, 5.41) is 2.75. The van der Waals surface area contributed by atoms with E-state index >= 15 is 0 Å². The Morgan fingerprint density at radius 2 is 2.43 bits per heavy atom. The molecule has 0 aromatic heterocycles. The molecule has 0 saturated heterocycles. The molecule has 0 heterocycles. The van der Waals surface area contributed by atoms with Crippen molar-refractivity contribution in [2.75, 3.05) is 13.7 Å². The molecule has 0 bridgehead atoms. The first-order chi connectivity index (χ1) is 3.31. The van der Waals surface area contributed by atoms with Gasteiger partial charge in [-0.15, -0.1) is 0 Å². The molecular weight excluding hydrogens is 90.1 g/mol. The molecule has 0 fully saturated rings. The van der Waals surface area contributed by atoms with E-state index in [4.69, 9.17) is 4.74 Å². The van der Waals surface area contributed by atoms with E-state index in [1.54, 1.807) is 7.05 Å². The van der Waals surface area contributed by atoms with Crippen molar-refractivity contribution < 1.29 is 4.74 Å². The summed E-state index contributed by atoms with van der Waals surface area (Å²) in [5.74, 6) is 0.627. The maximum Gasteiger partial charge on any atom is 0.178 e. The Kier molecular flexibility index (Phi) is 3.19. The highest BCUT2D eigenvalue weighted by molar-refractivity contribution is 4.74. The van der Waals surface area contributed by atoms with Crippen molar-refractivity contribution in [2.24, 2.45) is 0 Å². The van der Waals surface area contributed by atoms with Crippen LogP contribution in [0.15, 0.2) is 12.5 Å². The number of ether oxygens (including phenoxy) is 1.